The van der Waals surface area contributed by atoms with Gasteiger partial charge in [0.15, 0.2) is 5.13 Å². The summed E-state index contributed by atoms with van der Waals surface area (Å²) in [6, 6.07) is 0. The Morgan fingerprint density at radius 3 is 2.55 bits per heavy atom. The highest BCUT2D eigenvalue weighted by Crippen LogP contribution is 2.19. The van der Waals surface area contributed by atoms with E-state index in [-0.39, 0.29) is 0 Å². The summed E-state index contributed by atoms with van der Waals surface area (Å²) in [4.78, 5) is 9.39. The van der Waals surface area contributed by atoms with Crippen molar-refractivity contribution < 1.29 is 0 Å². The maximum absolute atomic E-state index is 4.40. The van der Waals surface area contributed by atoms with Crippen LogP contribution in [0.2, 0.25) is 0 Å². The molecule has 0 bridgehead atoms. The smallest absolute Gasteiger partial charge is 0.185 e. The molecule has 1 aliphatic heterocycles. The summed E-state index contributed by atoms with van der Waals surface area (Å²) in [5.74, 6) is 1.46. The Morgan fingerprint density at radius 2 is 1.95 bits per heavy atom. The molecular formula is C15H28N4S. The summed E-state index contributed by atoms with van der Waals surface area (Å²) in [7, 11) is 0. The van der Waals surface area contributed by atoms with E-state index in [0.29, 0.717) is 0 Å². The van der Waals surface area contributed by atoms with Gasteiger partial charge in [-0.15, -0.1) is 11.3 Å². The normalized spacial score (nSPS) is 18.7. The fraction of sp³-hybridized carbons (Fsp3) is 0.800. The first-order valence-electron chi connectivity index (χ1n) is 7.72. The molecule has 1 aromatic heterocycles. The van der Waals surface area contributed by atoms with Crippen molar-refractivity contribution in [3.63, 3.8) is 0 Å². The number of aromatic nitrogens is 1. The van der Waals surface area contributed by atoms with Gasteiger partial charge < -0.3 is 10.2 Å². The Morgan fingerprint density at radius 1 is 1.20 bits per heavy atom. The van der Waals surface area contributed by atoms with E-state index in [0.717, 1.165) is 51.1 Å². The Labute approximate surface area is 127 Å². The summed E-state index contributed by atoms with van der Waals surface area (Å²) in [5.41, 5.74) is 0. The van der Waals surface area contributed by atoms with Gasteiger partial charge in [0.2, 0.25) is 0 Å². The monoisotopic (exact) mass is 296 g/mol. The molecule has 1 aromatic rings. The zero-order valence-corrected chi connectivity index (χ0v) is 13.8. The van der Waals surface area contributed by atoms with Crippen molar-refractivity contribution >= 4 is 16.5 Å². The molecule has 114 valence electrons. The minimum Gasteiger partial charge on any atom is -0.346 e. The van der Waals surface area contributed by atoms with Crippen LogP contribution in [0.25, 0.3) is 0 Å². The van der Waals surface area contributed by atoms with Crippen LogP contribution in [0.3, 0.4) is 0 Å². The van der Waals surface area contributed by atoms with Crippen LogP contribution in [-0.4, -0.2) is 55.7 Å². The van der Waals surface area contributed by atoms with Crippen LogP contribution in [0.4, 0.5) is 5.13 Å². The minimum atomic E-state index is 0.722. The number of rotatable bonds is 7. The third-order valence-corrected chi connectivity index (χ3v) is 4.51. The van der Waals surface area contributed by atoms with Crippen molar-refractivity contribution in [2.75, 3.05) is 50.7 Å². The Kier molecular flexibility index (Phi) is 6.26. The SMILES string of the molecule is CC(C)CNCC(C)CN1CCN(c2nccs2)CC1. The van der Waals surface area contributed by atoms with Crippen LogP contribution in [0.5, 0.6) is 0 Å². The maximum Gasteiger partial charge on any atom is 0.185 e. The quantitative estimate of drug-likeness (QED) is 0.835. The molecule has 0 spiro atoms. The summed E-state index contributed by atoms with van der Waals surface area (Å²) >= 11 is 1.74. The van der Waals surface area contributed by atoms with Gasteiger partial charge in [0.25, 0.3) is 0 Å². The molecule has 0 amide bonds. The molecule has 1 atom stereocenters. The van der Waals surface area contributed by atoms with Crippen LogP contribution >= 0.6 is 11.3 Å². The third-order valence-electron chi connectivity index (χ3n) is 3.68. The van der Waals surface area contributed by atoms with Gasteiger partial charge in [-0.05, 0) is 24.9 Å². The van der Waals surface area contributed by atoms with Gasteiger partial charge in [-0.2, -0.15) is 0 Å². The molecule has 0 saturated carbocycles. The summed E-state index contributed by atoms with van der Waals surface area (Å²) < 4.78 is 0. The first kappa shape index (κ1) is 15.7. The van der Waals surface area contributed by atoms with E-state index in [1.807, 2.05) is 6.20 Å². The molecule has 2 rings (SSSR count). The lowest BCUT2D eigenvalue weighted by molar-refractivity contribution is 0.222. The zero-order chi connectivity index (χ0) is 14.4. The predicted molar refractivity (Wildman–Crippen MR) is 87.6 cm³/mol. The lowest BCUT2D eigenvalue weighted by atomic mass is 10.1. The van der Waals surface area contributed by atoms with E-state index in [9.17, 15) is 0 Å². The summed E-state index contributed by atoms with van der Waals surface area (Å²) in [5, 5.41) is 6.80. The van der Waals surface area contributed by atoms with E-state index in [2.05, 4.69) is 46.3 Å². The first-order valence-corrected chi connectivity index (χ1v) is 8.60. The highest BCUT2D eigenvalue weighted by Gasteiger charge is 2.19. The molecule has 0 aromatic carbocycles. The lowest BCUT2D eigenvalue weighted by Gasteiger charge is -2.35. The van der Waals surface area contributed by atoms with Crippen molar-refractivity contribution in [3.8, 4) is 0 Å². The molecule has 1 aliphatic rings. The Hall–Kier alpha value is -0.650. The Balaban J connectivity index is 1.64. The van der Waals surface area contributed by atoms with E-state index in [1.165, 1.54) is 11.7 Å². The second-order valence-electron chi connectivity index (χ2n) is 6.26. The predicted octanol–water partition coefficient (Wildman–Crippen LogP) is 2.15. The van der Waals surface area contributed by atoms with Crippen LogP contribution in [-0.2, 0) is 0 Å². The van der Waals surface area contributed by atoms with Gasteiger partial charge in [0, 0.05) is 44.3 Å². The van der Waals surface area contributed by atoms with Crippen molar-refractivity contribution in [3.05, 3.63) is 11.6 Å². The fourth-order valence-electron chi connectivity index (χ4n) is 2.62. The minimum absolute atomic E-state index is 0.722. The number of hydrogen-bond acceptors (Lipinski definition) is 5. The summed E-state index contributed by atoms with van der Waals surface area (Å²) in [6.07, 6.45) is 1.90. The first-order chi connectivity index (χ1) is 9.65. The topological polar surface area (TPSA) is 31.4 Å². The fourth-order valence-corrected chi connectivity index (χ4v) is 3.31. The van der Waals surface area contributed by atoms with Gasteiger partial charge in [0.05, 0.1) is 0 Å². The number of thiazole rings is 1. The van der Waals surface area contributed by atoms with Crippen molar-refractivity contribution in [2.24, 2.45) is 11.8 Å². The number of hydrogen-bond donors (Lipinski definition) is 1. The second kappa shape index (κ2) is 7.96. The average molecular weight is 296 g/mol. The third kappa shape index (κ3) is 5.04. The highest BCUT2D eigenvalue weighted by molar-refractivity contribution is 7.13. The molecule has 20 heavy (non-hydrogen) atoms. The van der Waals surface area contributed by atoms with Crippen molar-refractivity contribution in [2.45, 2.75) is 20.8 Å². The molecule has 1 saturated heterocycles. The van der Waals surface area contributed by atoms with Gasteiger partial charge in [-0.3, -0.25) is 4.90 Å². The van der Waals surface area contributed by atoms with Crippen LogP contribution in [0, 0.1) is 11.8 Å². The molecular weight excluding hydrogens is 268 g/mol. The number of nitrogens with one attached hydrogen (secondary N) is 1. The number of anilines is 1. The molecule has 0 aliphatic carbocycles. The standard InChI is InChI=1S/C15H28N4S/c1-13(2)10-16-11-14(3)12-18-5-7-19(8-6-18)15-17-4-9-20-15/h4,9,13-14,16H,5-8,10-12H2,1-3H3. The molecule has 1 N–H and O–H groups in total. The zero-order valence-electron chi connectivity index (χ0n) is 13.0. The largest absolute Gasteiger partial charge is 0.346 e. The van der Waals surface area contributed by atoms with Gasteiger partial charge in [-0.1, -0.05) is 20.8 Å². The average Bonchev–Trinajstić information content (AvgIpc) is 2.93. The molecule has 0 radical (unpaired) electrons. The Bertz CT molecular complexity index is 358. The van der Waals surface area contributed by atoms with Gasteiger partial charge in [0.1, 0.15) is 0 Å². The second-order valence-corrected chi connectivity index (χ2v) is 7.13. The van der Waals surface area contributed by atoms with Crippen molar-refractivity contribution in [1.82, 2.24) is 15.2 Å². The summed E-state index contributed by atoms with van der Waals surface area (Å²) in [6.45, 7) is 14.9. The van der Waals surface area contributed by atoms with E-state index < -0.39 is 0 Å². The van der Waals surface area contributed by atoms with Gasteiger partial charge >= 0.3 is 0 Å². The van der Waals surface area contributed by atoms with Crippen LogP contribution in [0.15, 0.2) is 11.6 Å². The van der Waals surface area contributed by atoms with Gasteiger partial charge in [-0.25, -0.2) is 4.98 Å². The lowest BCUT2D eigenvalue weighted by Crippen LogP contribution is -2.48. The molecule has 1 unspecified atom stereocenters. The molecule has 1 fully saturated rings. The van der Waals surface area contributed by atoms with E-state index in [4.69, 9.17) is 0 Å². The van der Waals surface area contributed by atoms with Crippen LogP contribution < -0.4 is 10.2 Å². The molecule has 5 heteroatoms. The number of piperazine rings is 1. The van der Waals surface area contributed by atoms with E-state index >= 15 is 0 Å². The highest BCUT2D eigenvalue weighted by atomic mass is 32.1. The number of nitrogens with zero attached hydrogens (tertiary/aromatic N) is 3. The van der Waals surface area contributed by atoms with E-state index in [1.54, 1.807) is 11.3 Å². The van der Waals surface area contributed by atoms with Crippen LogP contribution in [0.1, 0.15) is 20.8 Å². The molecule has 2 heterocycles. The maximum atomic E-state index is 4.40. The molecule has 4 nitrogen and oxygen atoms in total. The van der Waals surface area contributed by atoms with Crippen molar-refractivity contribution in [1.29, 1.82) is 0 Å².